The first kappa shape index (κ1) is 6.39. The van der Waals surface area contributed by atoms with Gasteiger partial charge in [-0.05, 0) is 25.3 Å². The van der Waals surface area contributed by atoms with E-state index >= 15 is 0 Å². The van der Waals surface area contributed by atoms with E-state index in [0.29, 0.717) is 12.8 Å². The molecule has 0 bridgehead atoms. The fraction of sp³-hybridized carbons (Fsp3) is 1.00. The van der Waals surface area contributed by atoms with Gasteiger partial charge in [0.05, 0.1) is 5.60 Å². The van der Waals surface area contributed by atoms with Gasteiger partial charge >= 0.3 is 0 Å². The highest BCUT2D eigenvalue weighted by molar-refractivity contribution is 4.94. The normalized spacial score (nSPS) is 40.9. The van der Waals surface area contributed by atoms with Gasteiger partial charge in [0.2, 0.25) is 0 Å². The lowest BCUT2D eigenvalue weighted by Crippen LogP contribution is -2.43. The summed E-state index contributed by atoms with van der Waals surface area (Å²) in [5.74, 6) is 0. The molecule has 0 aromatic heterocycles. The van der Waals surface area contributed by atoms with Crippen molar-refractivity contribution in [2.75, 3.05) is 0 Å². The second-order valence-electron chi connectivity index (χ2n) is 2.76. The maximum atomic E-state index is 9.13. The molecule has 0 aromatic carbocycles. The fourth-order valence-corrected chi connectivity index (χ4v) is 1.11. The zero-order valence-corrected chi connectivity index (χ0v) is 5.28. The third-order valence-electron chi connectivity index (χ3n) is 1.57. The Morgan fingerprint density at radius 3 is 2.67 bits per heavy atom. The highest BCUT2D eigenvalue weighted by atomic mass is 16.3. The summed E-state index contributed by atoms with van der Waals surface area (Å²) in [6.07, 6.45) is 1.22. The van der Waals surface area contributed by atoms with E-state index in [1.807, 2.05) is 0 Å². The zero-order valence-electron chi connectivity index (χ0n) is 5.28. The van der Waals surface area contributed by atoms with Crippen molar-refractivity contribution in [3.8, 4) is 0 Å². The molecule has 4 nitrogen and oxygen atoms in total. The van der Waals surface area contributed by atoms with Crippen molar-refractivity contribution in [2.45, 2.75) is 31.4 Å². The second-order valence-corrected chi connectivity index (χ2v) is 2.76. The highest BCUT2D eigenvalue weighted by Gasteiger charge is 2.37. The maximum absolute atomic E-state index is 9.13. The first-order valence-corrected chi connectivity index (χ1v) is 2.91. The monoisotopic (exact) mass is 127 g/mol. The van der Waals surface area contributed by atoms with Gasteiger partial charge in [0.25, 0.3) is 0 Å². The van der Waals surface area contributed by atoms with Gasteiger partial charge in [0.15, 0.2) is 0 Å². The Morgan fingerprint density at radius 1 is 1.78 bits per heavy atom. The van der Waals surface area contributed by atoms with Crippen LogP contribution in [-0.2, 0) is 0 Å². The Labute approximate surface area is 53.1 Å². The number of nitrogens with zero attached hydrogens (tertiary/aromatic N) is 3. The topological polar surface area (TPSA) is 69.0 Å². The fourth-order valence-electron chi connectivity index (χ4n) is 1.11. The molecule has 4 heteroatoms. The van der Waals surface area contributed by atoms with Crippen LogP contribution in [0.5, 0.6) is 0 Å². The van der Waals surface area contributed by atoms with Gasteiger partial charge in [0, 0.05) is 11.0 Å². The van der Waals surface area contributed by atoms with E-state index in [1.165, 1.54) is 0 Å². The van der Waals surface area contributed by atoms with E-state index in [1.54, 1.807) is 6.92 Å². The molecule has 1 rings (SSSR count). The molecule has 1 fully saturated rings. The molecule has 1 N–H and O–H groups in total. The van der Waals surface area contributed by atoms with E-state index in [4.69, 9.17) is 10.6 Å². The molecule has 0 aromatic rings. The molecule has 1 saturated carbocycles. The van der Waals surface area contributed by atoms with Crippen LogP contribution < -0.4 is 0 Å². The minimum atomic E-state index is -0.571. The quantitative estimate of drug-likeness (QED) is 0.321. The maximum Gasteiger partial charge on any atom is 0.0627 e. The van der Waals surface area contributed by atoms with Crippen LogP contribution in [0.25, 0.3) is 10.4 Å². The molecule has 0 heterocycles. The van der Waals surface area contributed by atoms with Crippen molar-refractivity contribution in [2.24, 2.45) is 5.11 Å². The van der Waals surface area contributed by atoms with Crippen molar-refractivity contribution in [3.63, 3.8) is 0 Å². The van der Waals surface area contributed by atoms with Crippen molar-refractivity contribution in [3.05, 3.63) is 10.4 Å². The number of hydrogen-bond acceptors (Lipinski definition) is 2. The van der Waals surface area contributed by atoms with Gasteiger partial charge in [-0.2, -0.15) is 0 Å². The number of azide groups is 1. The summed E-state index contributed by atoms with van der Waals surface area (Å²) in [6, 6.07) is 0.0324. The van der Waals surface area contributed by atoms with Crippen LogP contribution in [0.3, 0.4) is 0 Å². The average Bonchev–Trinajstić information content (AvgIpc) is 1.62. The van der Waals surface area contributed by atoms with Crippen LogP contribution in [0.1, 0.15) is 19.8 Å². The molecular formula is C5H9N3O. The van der Waals surface area contributed by atoms with Crippen LogP contribution >= 0.6 is 0 Å². The number of hydrogen-bond donors (Lipinski definition) is 1. The molecule has 50 valence electrons. The molecule has 9 heavy (non-hydrogen) atoms. The largest absolute Gasteiger partial charge is 0.390 e. The highest BCUT2D eigenvalue weighted by Crippen LogP contribution is 2.33. The predicted octanol–water partition coefficient (Wildman–Crippen LogP) is 1.21. The van der Waals surface area contributed by atoms with Crippen LogP contribution in [-0.4, -0.2) is 16.7 Å². The molecule has 0 aliphatic heterocycles. The first-order valence-electron chi connectivity index (χ1n) is 2.91. The lowest BCUT2D eigenvalue weighted by molar-refractivity contribution is -0.0285. The van der Waals surface area contributed by atoms with Crippen LogP contribution in [0, 0.1) is 0 Å². The Morgan fingerprint density at radius 2 is 2.33 bits per heavy atom. The lowest BCUT2D eigenvalue weighted by atomic mass is 9.78. The van der Waals surface area contributed by atoms with Crippen molar-refractivity contribution in [1.82, 2.24) is 0 Å². The molecule has 0 amide bonds. The lowest BCUT2D eigenvalue weighted by Gasteiger charge is -2.37. The molecule has 1 aliphatic rings. The average molecular weight is 127 g/mol. The van der Waals surface area contributed by atoms with E-state index in [-0.39, 0.29) is 6.04 Å². The Kier molecular flexibility index (Phi) is 1.35. The molecule has 0 atom stereocenters. The van der Waals surface area contributed by atoms with Gasteiger partial charge in [-0.1, -0.05) is 5.11 Å². The molecule has 1 aliphatic carbocycles. The van der Waals surface area contributed by atoms with Gasteiger partial charge in [-0.15, -0.1) is 0 Å². The standard InChI is InChI=1S/C5H9N3O/c1-5(9)2-4(3-5)7-8-6/h4,9H,2-3H2,1H3. The number of rotatable bonds is 1. The minimum absolute atomic E-state index is 0.0324. The zero-order chi connectivity index (χ0) is 6.91. The van der Waals surface area contributed by atoms with Crippen molar-refractivity contribution in [1.29, 1.82) is 0 Å². The third-order valence-corrected chi connectivity index (χ3v) is 1.57. The van der Waals surface area contributed by atoms with Gasteiger partial charge < -0.3 is 5.11 Å². The van der Waals surface area contributed by atoms with Crippen molar-refractivity contribution >= 4 is 0 Å². The molecular weight excluding hydrogens is 118 g/mol. The second kappa shape index (κ2) is 1.90. The summed E-state index contributed by atoms with van der Waals surface area (Å²) in [4.78, 5) is 2.64. The van der Waals surface area contributed by atoms with E-state index < -0.39 is 5.60 Å². The Hall–Kier alpha value is -0.730. The summed E-state index contributed by atoms with van der Waals surface area (Å²) in [5.41, 5.74) is 7.38. The van der Waals surface area contributed by atoms with E-state index in [2.05, 4.69) is 10.0 Å². The third kappa shape index (κ3) is 1.34. The minimum Gasteiger partial charge on any atom is -0.390 e. The van der Waals surface area contributed by atoms with Gasteiger partial charge in [-0.25, -0.2) is 0 Å². The van der Waals surface area contributed by atoms with E-state index in [0.717, 1.165) is 0 Å². The summed E-state index contributed by atoms with van der Waals surface area (Å²) in [5, 5.41) is 12.6. The van der Waals surface area contributed by atoms with Gasteiger partial charge in [0.1, 0.15) is 0 Å². The summed E-state index contributed by atoms with van der Waals surface area (Å²) in [6.45, 7) is 1.75. The Balaban J connectivity index is 2.35. The summed E-state index contributed by atoms with van der Waals surface area (Å²) < 4.78 is 0. The van der Waals surface area contributed by atoms with E-state index in [9.17, 15) is 0 Å². The SMILES string of the molecule is CC1(O)CC(N=[N+]=[N-])C1. The van der Waals surface area contributed by atoms with Crippen molar-refractivity contribution < 1.29 is 5.11 Å². The molecule has 0 saturated heterocycles. The molecule has 0 spiro atoms. The smallest absolute Gasteiger partial charge is 0.0627 e. The summed E-state index contributed by atoms with van der Waals surface area (Å²) >= 11 is 0. The van der Waals surface area contributed by atoms with Crippen LogP contribution in [0.2, 0.25) is 0 Å². The number of aliphatic hydroxyl groups is 1. The molecule has 0 radical (unpaired) electrons. The van der Waals surface area contributed by atoms with Crippen LogP contribution in [0.15, 0.2) is 5.11 Å². The predicted molar refractivity (Wildman–Crippen MR) is 32.8 cm³/mol. The first-order chi connectivity index (χ1) is 4.14. The molecule has 0 unspecified atom stereocenters. The van der Waals surface area contributed by atoms with Gasteiger partial charge in [-0.3, -0.25) is 0 Å². The Bertz CT molecular complexity index is 152. The summed E-state index contributed by atoms with van der Waals surface area (Å²) in [7, 11) is 0. The van der Waals surface area contributed by atoms with Crippen LogP contribution in [0.4, 0.5) is 0 Å².